The van der Waals surface area contributed by atoms with Crippen molar-refractivity contribution in [2.24, 2.45) is 5.10 Å². The van der Waals surface area contributed by atoms with Crippen molar-refractivity contribution in [1.29, 1.82) is 0 Å². The van der Waals surface area contributed by atoms with Crippen molar-refractivity contribution in [2.75, 3.05) is 11.9 Å². The van der Waals surface area contributed by atoms with E-state index in [0.717, 1.165) is 0 Å². The highest BCUT2D eigenvalue weighted by Crippen LogP contribution is 2.17. The first kappa shape index (κ1) is 22.4. The molecular formula is C22H17ClN4O5. The second-order valence-corrected chi connectivity index (χ2v) is 6.82. The lowest BCUT2D eigenvalue weighted by Crippen LogP contribution is -2.20. The SMILES string of the molecule is O=C(COc1ccc(/C=N\NC(=O)c2ccccc2[N+](=O)[O-])cc1)Nc1ccc(Cl)cc1. The largest absolute Gasteiger partial charge is 0.484 e. The Balaban J connectivity index is 1.49. The monoisotopic (exact) mass is 452 g/mol. The molecule has 2 amide bonds. The summed E-state index contributed by atoms with van der Waals surface area (Å²) in [5.41, 5.74) is 3.12. The summed E-state index contributed by atoms with van der Waals surface area (Å²) in [6, 6.07) is 18.9. The van der Waals surface area contributed by atoms with Crippen molar-refractivity contribution in [2.45, 2.75) is 0 Å². The van der Waals surface area contributed by atoms with Crippen molar-refractivity contribution >= 4 is 41.0 Å². The minimum atomic E-state index is -0.694. The van der Waals surface area contributed by atoms with E-state index in [9.17, 15) is 19.7 Å². The molecule has 32 heavy (non-hydrogen) atoms. The summed E-state index contributed by atoms with van der Waals surface area (Å²) >= 11 is 5.80. The predicted molar refractivity (Wildman–Crippen MR) is 120 cm³/mol. The summed E-state index contributed by atoms with van der Waals surface area (Å²) in [6.07, 6.45) is 1.38. The van der Waals surface area contributed by atoms with Crippen molar-refractivity contribution in [3.05, 3.63) is 99.1 Å². The van der Waals surface area contributed by atoms with E-state index in [0.29, 0.717) is 22.0 Å². The number of nitro benzene ring substituents is 1. The number of halogens is 1. The van der Waals surface area contributed by atoms with E-state index >= 15 is 0 Å². The van der Waals surface area contributed by atoms with Crippen LogP contribution in [0.15, 0.2) is 77.9 Å². The van der Waals surface area contributed by atoms with E-state index < -0.39 is 10.8 Å². The van der Waals surface area contributed by atoms with Gasteiger partial charge in [-0.2, -0.15) is 5.10 Å². The Hall–Kier alpha value is -4.24. The molecule has 0 aromatic heterocycles. The lowest BCUT2D eigenvalue weighted by Gasteiger charge is -2.08. The predicted octanol–water partition coefficient (Wildman–Crippen LogP) is 4.03. The Kier molecular flexibility index (Phi) is 7.50. The van der Waals surface area contributed by atoms with E-state index in [1.54, 1.807) is 48.5 Å². The van der Waals surface area contributed by atoms with E-state index in [1.165, 1.54) is 30.5 Å². The third kappa shape index (κ3) is 6.38. The minimum Gasteiger partial charge on any atom is -0.484 e. The highest BCUT2D eigenvalue weighted by atomic mass is 35.5. The number of rotatable bonds is 8. The second kappa shape index (κ2) is 10.7. The van der Waals surface area contributed by atoms with Crippen LogP contribution >= 0.6 is 11.6 Å². The maximum atomic E-state index is 12.1. The fraction of sp³-hybridized carbons (Fsp3) is 0.0455. The summed E-state index contributed by atoms with van der Waals surface area (Å²) in [5, 5.41) is 18.1. The Labute approximate surface area is 187 Å². The van der Waals surface area contributed by atoms with Crippen LogP contribution in [0.1, 0.15) is 15.9 Å². The number of nitrogens with one attached hydrogen (secondary N) is 2. The molecule has 0 bridgehead atoms. The number of para-hydroxylation sites is 1. The zero-order valence-corrected chi connectivity index (χ0v) is 17.3. The van der Waals surface area contributed by atoms with Gasteiger partial charge < -0.3 is 10.1 Å². The average molecular weight is 453 g/mol. The van der Waals surface area contributed by atoms with Crippen LogP contribution in [0.3, 0.4) is 0 Å². The molecule has 0 aliphatic heterocycles. The number of carbonyl (C=O) groups is 2. The van der Waals surface area contributed by atoms with Crippen molar-refractivity contribution in [1.82, 2.24) is 5.43 Å². The molecule has 0 fully saturated rings. The van der Waals surface area contributed by atoms with Crippen LogP contribution in [0.4, 0.5) is 11.4 Å². The molecule has 0 saturated carbocycles. The van der Waals surface area contributed by atoms with Gasteiger partial charge in [-0.05, 0) is 60.2 Å². The van der Waals surface area contributed by atoms with Crippen LogP contribution in [0.25, 0.3) is 0 Å². The number of amides is 2. The van der Waals surface area contributed by atoms with Gasteiger partial charge in [0.15, 0.2) is 6.61 Å². The van der Waals surface area contributed by atoms with Crippen molar-refractivity contribution in [3.63, 3.8) is 0 Å². The molecule has 3 rings (SSSR count). The first-order chi connectivity index (χ1) is 15.4. The molecule has 0 unspecified atom stereocenters. The first-order valence-electron chi connectivity index (χ1n) is 9.27. The molecule has 0 radical (unpaired) electrons. The average Bonchev–Trinajstić information content (AvgIpc) is 2.80. The number of hydrogen-bond acceptors (Lipinski definition) is 6. The molecule has 3 aromatic rings. The lowest BCUT2D eigenvalue weighted by molar-refractivity contribution is -0.385. The third-order valence-electron chi connectivity index (χ3n) is 4.10. The number of hydrazone groups is 1. The fourth-order valence-corrected chi connectivity index (χ4v) is 2.71. The van der Waals surface area contributed by atoms with Gasteiger partial charge in [-0.25, -0.2) is 5.43 Å². The number of carbonyl (C=O) groups excluding carboxylic acids is 2. The molecule has 162 valence electrons. The summed E-state index contributed by atoms with van der Waals surface area (Å²) in [7, 11) is 0. The molecule has 0 aliphatic rings. The van der Waals surface area contributed by atoms with Crippen LogP contribution in [-0.4, -0.2) is 29.6 Å². The van der Waals surface area contributed by atoms with Gasteiger partial charge in [-0.1, -0.05) is 23.7 Å². The van der Waals surface area contributed by atoms with E-state index in [4.69, 9.17) is 16.3 Å². The quantitative estimate of drug-likeness (QED) is 0.303. The summed E-state index contributed by atoms with van der Waals surface area (Å²) < 4.78 is 5.44. The van der Waals surface area contributed by atoms with Crippen molar-refractivity contribution < 1.29 is 19.2 Å². The Morgan fingerprint density at radius 2 is 1.72 bits per heavy atom. The zero-order valence-electron chi connectivity index (χ0n) is 16.5. The maximum Gasteiger partial charge on any atom is 0.282 e. The van der Waals surface area contributed by atoms with Gasteiger partial charge in [0.2, 0.25) is 0 Å². The molecule has 10 heteroatoms. The Morgan fingerprint density at radius 3 is 2.41 bits per heavy atom. The van der Waals surface area contributed by atoms with Gasteiger partial charge in [0, 0.05) is 16.8 Å². The Bertz CT molecular complexity index is 1150. The first-order valence-corrected chi connectivity index (χ1v) is 9.65. The zero-order chi connectivity index (χ0) is 22.9. The van der Waals surface area contributed by atoms with Crippen molar-refractivity contribution in [3.8, 4) is 5.75 Å². The van der Waals surface area contributed by atoms with Crippen LogP contribution in [-0.2, 0) is 4.79 Å². The van der Waals surface area contributed by atoms with Gasteiger partial charge in [-0.3, -0.25) is 19.7 Å². The maximum absolute atomic E-state index is 12.1. The van der Waals surface area contributed by atoms with Gasteiger partial charge in [0.05, 0.1) is 11.1 Å². The van der Waals surface area contributed by atoms with Gasteiger partial charge in [-0.15, -0.1) is 0 Å². The number of nitrogens with zero attached hydrogens (tertiary/aromatic N) is 2. The van der Waals surface area contributed by atoms with E-state index in [-0.39, 0.29) is 23.8 Å². The molecular weight excluding hydrogens is 436 g/mol. The molecule has 2 N–H and O–H groups in total. The number of ether oxygens (including phenoxy) is 1. The fourth-order valence-electron chi connectivity index (χ4n) is 2.58. The van der Waals surface area contributed by atoms with E-state index in [2.05, 4.69) is 15.8 Å². The number of hydrogen-bond donors (Lipinski definition) is 2. The smallest absolute Gasteiger partial charge is 0.282 e. The summed E-state index contributed by atoms with van der Waals surface area (Å²) in [4.78, 5) is 34.4. The van der Waals surface area contributed by atoms with Gasteiger partial charge in [0.25, 0.3) is 17.5 Å². The summed E-state index contributed by atoms with van der Waals surface area (Å²) in [5.74, 6) is -0.548. The van der Waals surface area contributed by atoms with E-state index in [1.807, 2.05) is 0 Å². The molecule has 3 aromatic carbocycles. The van der Waals surface area contributed by atoms with Gasteiger partial charge in [0.1, 0.15) is 11.3 Å². The minimum absolute atomic E-state index is 0.0877. The summed E-state index contributed by atoms with van der Waals surface area (Å²) in [6.45, 7) is -0.179. The molecule has 0 atom stereocenters. The lowest BCUT2D eigenvalue weighted by atomic mass is 10.2. The number of benzene rings is 3. The molecule has 9 nitrogen and oxygen atoms in total. The second-order valence-electron chi connectivity index (χ2n) is 6.39. The van der Waals surface area contributed by atoms with Crippen LogP contribution in [0, 0.1) is 10.1 Å². The van der Waals surface area contributed by atoms with Crippen LogP contribution in [0.2, 0.25) is 5.02 Å². The molecule has 0 spiro atoms. The molecule has 0 heterocycles. The third-order valence-corrected chi connectivity index (χ3v) is 4.36. The highest BCUT2D eigenvalue weighted by molar-refractivity contribution is 6.30. The van der Waals surface area contributed by atoms with Crippen LogP contribution in [0.5, 0.6) is 5.75 Å². The topological polar surface area (TPSA) is 123 Å². The highest BCUT2D eigenvalue weighted by Gasteiger charge is 2.18. The van der Waals surface area contributed by atoms with Crippen LogP contribution < -0.4 is 15.5 Å². The number of anilines is 1. The normalized spacial score (nSPS) is 10.5. The molecule has 0 aliphatic carbocycles. The number of nitro groups is 1. The Morgan fingerprint density at radius 1 is 1.03 bits per heavy atom. The van der Waals surface area contributed by atoms with Gasteiger partial charge >= 0.3 is 0 Å². The molecule has 0 saturated heterocycles. The standard InChI is InChI=1S/C22H17ClN4O5/c23-16-7-9-17(10-8-16)25-21(28)14-32-18-11-5-15(6-12-18)13-24-26-22(29)19-3-1-2-4-20(19)27(30)31/h1-13H,14H2,(H,25,28)(H,26,29)/b24-13-.